The van der Waals surface area contributed by atoms with Crippen LogP contribution in [0.3, 0.4) is 0 Å². The number of ether oxygens (including phenoxy) is 2. The molecule has 0 spiro atoms. The molecule has 42 heavy (non-hydrogen) atoms. The highest BCUT2D eigenvalue weighted by Gasteiger charge is 2.34. The first kappa shape index (κ1) is 29.9. The van der Waals surface area contributed by atoms with Gasteiger partial charge in [-0.3, -0.25) is 9.78 Å². The number of nitrogens with one attached hydrogen (secondary N) is 1. The second kappa shape index (κ2) is 12.3. The average molecular weight is 665 g/mol. The zero-order valence-corrected chi connectivity index (χ0v) is 24.5. The summed E-state index contributed by atoms with van der Waals surface area (Å²) in [6, 6.07) is 10.7. The lowest BCUT2D eigenvalue weighted by Gasteiger charge is -2.13. The maximum absolute atomic E-state index is 14.2. The molecule has 9 nitrogen and oxygen atoms in total. The molecule has 3 aromatic heterocycles. The molecule has 14 heteroatoms. The van der Waals surface area contributed by atoms with E-state index in [4.69, 9.17) is 9.47 Å². The smallest absolute Gasteiger partial charge is 0.251 e. The molecule has 2 atom stereocenters. The monoisotopic (exact) mass is 664 g/mol. The number of aromatic nitrogens is 3. The van der Waals surface area contributed by atoms with Crippen LogP contribution in [0.25, 0.3) is 22.2 Å². The number of pyridine rings is 3. The fourth-order valence-corrected chi connectivity index (χ4v) is 6.41. The normalized spacial score (nSPS) is 16.8. The molecule has 0 saturated carbocycles. The number of alkyl halides is 3. The lowest BCUT2D eigenvalue weighted by Crippen LogP contribution is -2.24. The topological polar surface area (TPSA) is 120 Å². The Bertz CT molecular complexity index is 1780. The van der Waals surface area contributed by atoms with Crippen molar-refractivity contribution in [3.05, 3.63) is 75.6 Å². The zero-order valence-electron chi connectivity index (χ0n) is 22.1. The number of carbonyl (C=O) groups excluding carboxylic acids is 1. The van der Waals surface area contributed by atoms with Gasteiger partial charge in [-0.15, -0.1) is 0 Å². The largest absolute Gasteiger partial charge is 0.477 e. The van der Waals surface area contributed by atoms with Gasteiger partial charge in [-0.2, -0.15) is 0 Å². The molecular weight excluding hydrogens is 641 g/mol. The van der Waals surface area contributed by atoms with Crippen LogP contribution >= 0.6 is 15.9 Å². The SMILES string of the molecule is CCOc1nc([C@H](F)CF)ccc1-c1ccc2cnc(CNC(=O)c3cc(Br)c4c(c3)S(=O)(=O)[C@@H](F)COC4)cc2n1. The molecule has 4 aromatic rings. The van der Waals surface area contributed by atoms with Crippen LogP contribution in [0.5, 0.6) is 5.88 Å². The minimum atomic E-state index is -4.34. The number of amides is 1. The van der Waals surface area contributed by atoms with E-state index >= 15 is 0 Å². The van der Waals surface area contributed by atoms with Crippen LogP contribution in [0.2, 0.25) is 0 Å². The predicted molar refractivity (Wildman–Crippen MR) is 151 cm³/mol. The predicted octanol–water partition coefficient (Wildman–Crippen LogP) is 5.36. The minimum absolute atomic E-state index is 0.0153. The van der Waals surface area contributed by atoms with E-state index in [0.29, 0.717) is 32.3 Å². The molecule has 1 N–H and O–H groups in total. The van der Waals surface area contributed by atoms with Gasteiger partial charge in [-0.25, -0.2) is 31.6 Å². The molecule has 1 aliphatic rings. The molecule has 1 aliphatic heterocycles. The summed E-state index contributed by atoms with van der Waals surface area (Å²) in [6.45, 7) is 0.0723. The van der Waals surface area contributed by atoms with Crippen molar-refractivity contribution in [3.63, 3.8) is 0 Å². The number of rotatable bonds is 8. The van der Waals surface area contributed by atoms with Crippen molar-refractivity contribution >= 4 is 42.6 Å². The second-order valence-electron chi connectivity index (χ2n) is 9.30. The van der Waals surface area contributed by atoms with Gasteiger partial charge >= 0.3 is 0 Å². The van der Waals surface area contributed by atoms with Gasteiger partial charge in [0, 0.05) is 27.2 Å². The fourth-order valence-electron chi connectivity index (χ4n) is 4.34. The number of benzene rings is 1. The molecule has 0 fully saturated rings. The maximum Gasteiger partial charge on any atom is 0.251 e. The summed E-state index contributed by atoms with van der Waals surface area (Å²) >= 11 is 3.27. The number of halogens is 4. The first-order valence-electron chi connectivity index (χ1n) is 12.8. The Morgan fingerprint density at radius 2 is 2.02 bits per heavy atom. The Morgan fingerprint density at radius 1 is 1.21 bits per heavy atom. The maximum atomic E-state index is 14.2. The van der Waals surface area contributed by atoms with Gasteiger partial charge in [0.05, 0.1) is 59.4 Å². The van der Waals surface area contributed by atoms with Gasteiger partial charge in [0.1, 0.15) is 6.67 Å². The van der Waals surface area contributed by atoms with Crippen LogP contribution in [-0.2, 0) is 27.7 Å². The molecule has 0 radical (unpaired) electrons. The van der Waals surface area contributed by atoms with Gasteiger partial charge in [0.25, 0.3) is 5.91 Å². The lowest BCUT2D eigenvalue weighted by molar-refractivity contribution is 0.0946. The van der Waals surface area contributed by atoms with Gasteiger partial charge in [0.15, 0.2) is 6.17 Å². The highest BCUT2D eigenvalue weighted by Crippen LogP contribution is 2.33. The average Bonchev–Trinajstić information content (AvgIpc) is 3.10. The van der Waals surface area contributed by atoms with E-state index in [1.165, 1.54) is 12.1 Å². The van der Waals surface area contributed by atoms with E-state index in [-0.39, 0.29) is 47.4 Å². The van der Waals surface area contributed by atoms with Crippen molar-refractivity contribution in [2.24, 2.45) is 0 Å². The Labute approximate surface area is 247 Å². The van der Waals surface area contributed by atoms with Crippen LogP contribution < -0.4 is 10.1 Å². The van der Waals surface area contributed by atoms with Crippen LogP contribution in [-0.4, -0.2) is 54.7 Å². The van der Waals surface area contributed by atoms with E-state index in [1.807, 2.05) is 0 Å². The zero-order chi connectivity index (χ0) is 30.0. The summed E-state index contributed by atoms with van der Waals surface area (Å²) in [5.41, 5.74) is -0.0878. The number of hydrogen-bond donors (Lipinski definition) is 1. The minimum Gasteiger partial charge on any atom is -0.477 e. The molecule has 5 rings (SSSR count). The molecule has 4 heterocycles. The Hall–Kier alpha value is -3.62. The molecule has 0 aliphatic carbocycles. The number of sulfone groups is 1. The number of fused-ring (bicyclic) bond motifs is 2. The van der Waals surface area contributed by atoms with E-state index in [2.05, 4.69) is 36.2 Å². The third kappa shape index (κ3) is 5.96. The number of hydrogen-bond acceptors (Lipinski definition) is 8. The highest BCUT2D eigenvalue weighted by atomic mass is 79.9. The third-order valence-electron chi connectivity index (χ3n) is 6.51. The standard InChI is InChI=1S/C28H24BrF3N4O5S/c1-2-41-28-18(4-6-23(36-28)21(31)10-30)22-5-3-15-11-33-17(9-24(15)35-22)12-34-27(37)16-7-20(29)19-13-40-14-26(32)42(38,39)25(19)8-16/h3-9,11,21,26H,2,10,12-14H2,1H3,(H,34,37)/t21-,26-/m1/s1. The van der Waals surface area contributed by atoms with Crippen molar-refractivity contribution in [1.29, 1.82) is 0 Å². The summed E-state index contributed by atoms with van der Waals surface area (Å²) in [5.74, 6) is -0.469. The Balaban J connectivity index is 1.39. The molecule has 1 amide bonds. The summed E-state index contributed by atoms with van der Waals surface area (Å²) in [5, 5.41) is 3.41. The molecule has 0 unspecified atom stereocenters. The first-order chi connectivity index (χ1) is 20.1. The van der Waals surface area contributed by atoms with Crippen LogP contribution in [0.15, 0.2) is 58.0 Å². The summed E-state index contributed by atoms with van der Waals surface area (Å²) in [7, 11) is -4.34. The second-order valence-corrected chi connectivity index (χ2v) is 12.2. The first-order valence-corrected chi connectivity index (χ1v) is 15.1. The van der Waals surface area contributed by atoms with Gasteiger partial charge in [0.2, 0.25) is 21.2 Å². The summed E-state index contributed by atoms with van der Waals surface area (Å²) < 4.78 is 77.2. The molecule has 0 saturated heterocycles. The van der Waals surface area contributed by atoms with Crippen molar-refractivity contribution in [3.8, 4) is 17.1 Å². The van der Waals surface area contributed by atoms with Crippen LogP contribution in [0, 0.1) is 0 Å². The van der Waals surface area contributed by atoms with Gasteiger partial charge < -0.3 is 14.8 Å². The summed E-state index contributed by atoms with van der Waals surface area (Å²) in [6.07, 6.45) is -0.280. The van der Waals surface area contributed by atoms with E-state index < -0.39 is 40.7 Å². The summed E-state index contributed by atoms with van der Waals surface area (Å²) in [4.78, 5) is 25.8. The van der Waals surface area contributed by atoms with Crippen LogP contribution in [0.1, 0.15) is 40.4 Å². The third-order valence-corrected chi connectivity index (χ3v) is 9.01. The van der Waals surface area contributed by atoms with E-state index in [0.717, 1.165) is 6.07 Å². The quantitative estimate of drug-likeness (QED) is 0.267. The van der Waals surface area contributed by atoms with E-state index in [1.54, 1.807) is 37.4 Å². The molecule has 1 aromatic carbocycles. The highest BCUT2D eigenvalue weighted by molar-refractivity contribution is 9.10. The lowest BCUT2D eigenvalue weighted by atomic mass is 10.1. The van der Waals surface area contributed by atoms with Crippen molar-refractivity contribution in [1.82, 2.24) is 20.3 Å². The van der Waals surface area contributed by atoms with Crippen molar-refractivity contribution in [2.75, 3.05) is 19.9 Å². The Morgan fingerprint density at radius 3 is 2.79 bits per heavy atom. The molecule has 220 valence electrons. The fraction of sp³-hybridized carbons (Fsp3) is 0.286. The van der Waals surface area contributed by atoms with Gasteiger partial charge in [-0.1, -0.05) is 15.9 Å². The Kier molecular flexibility index (Phi) is 8.76. The molecular formula is C28H24BrF3N4O5S. The van der Waals surface area contributed by atoms with Gasteiger partial charge in [-0.05, 0) is 49.4 Å². The number of nitrogens with zero attached hydrogens (tertiary/aromatic N) is 3. The van der Waals surface area contributed by atoms with E-state index in [9.17, 15) is 26.4 Å². The van der Waals surface area contributed by atoms with Crippen molar-refractivity contribution < 1.29 is 35.9 Å². The molecule has 0 bridgehead atoms. The van der Waals surface area contributed by atoms with Crippen LogP contribution in [0.4, 0.5) is 13.2 Å². The van der Waals surface area contributed by atoms with Crippen molar-refractivity contribution in [2.45, 2.75) is 36.6 Å². The number of carbonyl (C=O) groups is 1.